The second-order valence-electron chi connectivity index (χ2n) is 4.04. The first-order valence-corrected chi connectivity index (χ1v) is 6.32. The van der Waals surface area contributed by atoms with Crippen LogP contribution in [0.4, 0.5) is 17.6 Å². The SMILES string of the molecule is CNC(C)c1ccc(OCC(F)(F)C(F)F)cc1Br. The van der Waals surface area contributed by atoms with Crippen molar-refractivity contribution in [3.05, 3.63) is 28.2 Å². The third-order valence-electron chi connectivity index (χ3n) is 2.62. The molecule has 19 heavy (non-hydrogen) atoms. The van der Waals surface area contributed by atoms with E-state index >= 15 is 0 Å². The average molecular weight is 344 g/mol. The van der Waals surface area contributed by atoms with Crippen LogP contribution in [0.25, 0.3) is 0 Å². The lowest BCUT2D eigenvalue weighted by atomic mass is 10.1. The molecule has 1 rings (SSSR count). The number of rotatable bonds is 6. The second-order valence-corrected chi connectivity index (χ2v) is 4.90. The van der Waals surface area contributed by atoms with Gasteiger partial charge in [-0.15, -0.1) is 0 Å². The van der Waals surface area contributed by atoms with Crippen molar-refractivity contribution in [3.63, 3.8) is 0 Å². The molecule has 0 aliphatic heterocycles. The van der Waals surface area contributed by atoms with E-state index in [0.29, 0.717) is 4.47 Å². The van der Waals surface area contributed by atoms with Crippen molar-refractivity contribution >= 4 is 15.9 Å². The summed E-state index contributed by atoms with van der Waals surface area (Å²) in [5.41, 5.74) is 0.912. The molecule has 0 aliphatic carbocycles. The third kappa shape index (κ3) is 4.35. The molecule has 1 unspecified atom stereocenters. The molecule has 0 aliphatic rings. The largest absolute Gasteiger partial charge is 0.487 e. The van der Waals surface area contributed by atoms with Crippen LogP contribution in [-0.2, 0) is 0 Å². The van der Waals surface area contributed by atoms with Crippen LogP contribution in [0.15, 0.2) is 22.7 Å². The number of halogens is 5. The van der Waals surface area contributed by atoms with E-state index in [1.54, 1.807) is 13.1 Å². The van der Waals surface area contributed by atoms with Crippen molar-refractivity contribution in [3.8, 4) is 5.75 Å². The first-order valence-electron chi connectivity index (χ1n) is 5.53. The van der Waals surface area contributed by atoms with Gasteiger partial charge in [0.25, 0.3) is 0 Å². The van der Waals surface area contributed by atoms with Crippen molar-refractivity contribution < 1.29 is 22.3 Å². The summed E-state index contributed by atoms with van der Waals surface area (Å²) in [7, 11) is 1.78. The molecule has 0 radical (unpaired) electrons. The number of benzene rings is 1. The maximum absolute atomic E-state index is 12.7. The maximum Gasteiger partial charge on any atom is 0.340 e. The summed E-state index contributed by atoms with van der Waals surface area (Å²) in [5.74, 6) is -4.04. The highest BCUT2D eigenvalue weighted by atomic mass is 79.9. The van der Waals surface area contributed by atoms with E-state index in [0.717, 1.165) is 5.56 Å². The Morgan fingerprint density at radius 1 is 1.37 bits per heavy atom. The molecule has 0 saturated heterocycles. The van der Waals surface area contributed by atoms with Gasteiger partial charge in [0.15, 0.2) is 6.61 Å². The van der Waals surface area contributed by atoms with E-state index < -0.39 is 19.0 Å². The molecule has 0 spiro atoms. The second kappa shape index (κ2) is 6.56. The molecule has 1 aromatic rings. The van der Waals surface area contributed by atoms with Gasteiger partial charge >= 0.3 is 12.3 Å². The van der Waals surface area contributed by atoms with Crippen LogP contribution in [0.3, 0.4) is 0 Å². The minimum absolute atomic E-state index is 0.0610. The normalized spacial score (nSPS) is 13.7. The quantitative estimate of drug-likeness (QED) is 0.788. The molecule has 7 heteroatoms. The van der Waals surface area contributed by atoms with Gasteiger partial charge in [-0.25, -0.2) is 8.78 Å². The molecule has 1 aromatic carbocycles. The molecule has 0 aromatic heterocycles. The highest BCUT2D eigenvalue weighted by Crippen LogP contribution is 2.29. The number of alkyl halides is 4. The Morgan fingerprint density at radius 3 is 2.47 bits per heavy atom. The van der Waals surface area contributed by atoms with Crippen molar-refractivity contribution in [2.24, 2.45) is 0 Å². The summed E-state index contributed by atoms with van der Waals surface area (Å²) in [6.45, 7) is 0.573. The van der Waals surface area contributed by atoms with Gasteiger partial charge in [0.05, 0.1) is 0 Å². The van der Waals surface area contributed by atoms with E-state index in [2.05, 4.69) is 21.2 Å². The summed E-state index contributed by atoms with van der Waals surface area (Å²) < 4.78 is 54.7. The van der Waals surface area contributed by atoms with Crippen LogP contribution in [0.2, 0.25) is 0 Å². The Morgan fingerprint density at radius 2 is 2.00 bits per heavy atom. The minimum Gasteiger partial charge on any atom is -0.487 e. The van der Waals surface area contributed by atoms with Crippen molar-refractivity contribution in [2.45, 2.75) is 25.3 Å². The van der Waals surface area contributed by atoms with Gasteiger partial charge in [0.1, 0.15) is 5.75 Å². The lowest BCUT2D eigenvalue weighted by Gasteiger charge is -2.17. The van der Waals surface area contributed by atoms with E-state index in [-0.39, 0.29) is 11.8 Å². The number of hydrogen-bond donors (Lipinski definition) is 1. The van der Waals surface area contributed by atoms with Gasteiger partial charge in [-0.05, 0) is 31.7 Å². The first kappa shape index (κ1) is 16.2. The Labute approximate surface area is 117 Å². The van der Waals surface area contributed by atoms with Gasteiger partial charge < -0.3 is 10.1 Å². The molecule has 1 atom stereocenters. The predicted molar refractivity (Wildman–Crippen MR) is 68.1 cm³/mol. The smallest absolute Gasteiger partial charge is 0.340 e. The van der Waals surface area contributed by atoms with E-state index in [4.69, 9.17) is 4.74 Å². The highest BCUT2D eigenvalue weighted by Gasteiger charge is 2.41. The van der Waals surface area contributed by atoms with E-state index in [1.165, 1.54) is 12.1 Å². The molecule has 0 saturated carbocycles. The van der Waals surface area contributed by atoms with Crippen LogP contribution in [-0.4, -0.2) is 26.0 Å². The molecule has 0 amide bonds. The zero-order valence-electron chi connectivity index (χ0n) is 10.4. The number of hydrogen-bond acceptors (Lipinski definition) is 2. The Kier molecular flexibility index (Phi) is 5.61. The zero-order chi connectivity index (χ0) is 14.6. The van der Waals surface area contributed by atoms with Crippen LogP contribution >= 0.6 is 15.9 Å². The maximum atomic E-state index is 12.7. The lowest BCUT2D eigenvalue weighted by Crippen LogP contribution is -2.33. The summed E-state index contributed by atoms with van der Waals surface area (Å²) in [5, 5.41) is 3.02. The molecule has 108 valence electrons. The average Bonchev–Trinajstić information content (AvgIpc) is 2.35. The minimum atomic E-state index is -4.15. The fourth-order valence-corrected chi connectivity index (χ4v) is 2.05. The standard InChI is InChI=1S/C12H14BrF4NO/c1-7(18-2)9-4-3-8(5-10(9)13)19-6-12(16,17)11(14)15/h3-5,7,11,18H,6H2,1-2H3. The molecule has 2 nitrogen and oxygen atoms in total. The van der Waals surface area contributed by atoms with Crippen molar-refractivity contribution in [1.29, 1.82) is 0 Å². The zero-order valence-corrected chi connectivity index (χ0v) is 12.0. The number of ether oxygens (including phenoxy) is 1. The number of nitrogens with one attached hydrogen (secondary N) is 1. The van der Waals surface area contributed by atoms with Gasteiger partial charge in [0.2, 0.25) is 0 Å². The van der Waals surface area contributed by atoms with Crippen LogP contribution in [0, 0.1) is 0 Å². The predicted octanol–water partition coefficient (Wildman–Crippen LogP) is 4.01. The monoisotopic (exact) mass is 343 g/mol. The van der Waals surface area contributed by atoms with Crippen LogP contribution in [0.5, 0.6) is 5.75 Å². The fraction of sp³-hybridized carbons (Fsp3) is 0.500. The first-order chi connectivity index (χ1) is 8.77. The highest BCUT2D eigenvalue weighted by molar-refractivity contribution is 9.10. The summed E-state index contributed by atoms with van der Waals surface area (Å²) in [6.07, 6.45) is -3.74. The molecule has 0 heterocycles. The summed E-state index contributed by atoms with van der Waals surface area (Å²) in [6, 6.07) is 4.69. The van der Waals surface area contributed by atoms with Gasteiger partial charge in [-0.2, -0.15) is 8.78 Å². The summed E-state index contributed by atoms with van der Waals surface area (Å²) >= 11 is 3.28. The molecule has 0 fully saturated rings. The fourth-order valence-electron chi connectivity index (χ4n) is 1.35. The van der Waals surface area contributed by atoms with Crippen molar-refractivity contribution in [1.82, 2.24) is 5.32 Å². The van der Waals surface area contributed by atoms with Crippen LogP contribution in [0.1, 0.15) is 18.5 Å². The summed E-state index contributed by atoms with van der Waals surface area (Å²) in [4.78, 5) is 0. The topological polar surface area (TPSA) is 21.3 Å². The van der Waals surface area contributed by atoms with E-state index in [9.17, 15) is 17.6 Å². The van der Waals surface area contributed by atoms with Crippen molar-refractivity contribution in [2.75, 3.05) is 13.7 Å². The van der Waals surface area contributed by atoms with Gasteiger partial charge in [-0.1, -0.05) is 22.0 Å². The Hall–Kier alpha value is -0.820. The molecule has 1 N–H and O–H groups in total. The molecule has 0 bridgehead atoms. The van der Waals surface area contributed by atoms with Crippen LogP contribution < -0.4 is 10.1 Å². The molecular weight excluding hydrogens is 330 g/mol. The Balaban J connectivity index is 2.74. The lowest BCUT2D eigenvalue weighted by molar-refractivity contribution is -0.148. The van der Waals surface area contributed by atoms with E-state index in [1.807, 2.05) is 6.92 Å². The van der Waals surface area contributed by atoms with Gasteiger partial charge in [-0.3, -0.25) is 0 Å². The molecular formula is C12H14BrF4NO. The third-order valence-corrected chi connectivity index (χ3v) is 3.31. The van der Waals surface area contributed by atoms with Gasteiger partial charge in [0, 0.05) is 10.5 Å². The Bertz CT molecular complexity index is 428.